The van der Waals surface area contributed by atoms with Crippen molar-refractivity contribution < 1.29 is 22.7 Å². The maximum atomic E-state index is 14.3. The summed E-state index contributed by atoms with van der Waals surface area (Å²) in [5.41, 5.74) is 0.422. The largest absolute Gasteiger partial charge is 0.472 e. The van der Waals surface area contributed by atoms with E-state index in [0.29, 0.717) is 5.56 Å². The molecule has 32 heavy (non-hydrogen) atoms. The highest BCUT2D eigenvalue weighted by Crippen LogP contribution is 2.30. The Kier molecular flexibility index (Phi) is 7.27. The normalized spacial score (nSPS) is 14.8. The molecular weight excluding hydrogens is 443 g/mol. The van der Waals surface area contributed by atoms with E-state index in [0.717, 1.165) is 23.8 Å². The Morgan fingerprint density at radius 2 is 2.00 bits per heavy atom. The fourth-order valence-electron chi connectivity index (χ4n) is 2.90. The van der Waals surface area contributed by atoms with E-state index in [1.165, 1.54) is 12.3 Å². The lowest BCUT2D eigenvalue weighted by molar-refractivity contribution is 0.0795. The fraction of sp³-hybridized carbons (Fsp3) is 0.429. The molecule has 0 spiro atoms. The van der Waals surface area contributed by atoms with Gasteiger partial charge >= 0.3 is 0 Å². The minimum atomic E-state index is -2.70. The SMILES string of the molecule is CC(C)C(=N)c1cc(C(=O)NC2(C)CSC2)cnc1Nc1cc(OCC(F)F)ncc1F. The van der Waals surface area contributed by atoms with Crippen molar-refractivity contribution in [1.29, 1.82) is 5.41 Å². The predicted octanol–water partition coefficient (Wildman–Crippen LogP) is 4.26. The molecule has 0 saturated carbocycles. The molecule has 3 heterocycles. The number of aromatic nitrogens is 2. The molecule has 1 amide bonds. The van der Waals surface area contributed by atoms with Crippen molar-refractivity contribution in [2.24, 2.45) is 5.92 Å². The van der Waals surface area contributed by atoms with Crippen LogP contribution in [0.15, 0.2) is 24.5 Å². The third-order valence-corrected chi connectivity index (χ3v) is 6.40. The Morgan fingerprint density at radius 1 is 1.28 bits per heavy atom. The molecule has 1 fully saturated rings. The highest BCUT2D eigenvalue weighted by Gasteiger charge is 2.34. The zero-order valence-electron chi connectivity index (χ0n) is 17.8. The molecule has 1 saturated heterocycles. The molecule has 11 heteroatoms. The summed E-state index contributed by atoms with van der Waals surface area (Å²) in [6.45, 7) is 4.71. The quantitative estimate of drug-likeness (QED) is 0.477. The first kappa shape index (κ1) is 23.8. The summed E-state index contributed by atoms with van der Waals surface area (Å²) in [5, 5.41) is 14.2. The Hall–Kier alpha value is -2.82. The minimum absolute atomic E-state index is 0.106. The van der Waals surface area contributed by atoms with Crippen molar-refractivity contribution >= 4 is 34.9 Å². The van der Waals surface area contributed by atoms with Crippen LogP contribution < -0.4 is 15.4 Å². The van der Waals surface area contributed by atoms with Crippen LogP contribution >= 0.6 is 11.8 Å². The van der Waals surface area contributed by atoms with Crippen molar-refractivity contribution in [1.82, 2.24) is 15.3 Å². The van der Waals surface area contributed by atoms with Crippen LogP contribution in [0, 0.1) is 17.1 Å². The third kappa shape index (κ3) is 5.70. The average molecular weight is 468 g/mol. The smallest absolute Gasteiger partial charge is 0.272 e. The van der Waals surface area contributed by atoms with Crippen molar-refractivity contribution in [3.05, 3.63) is 41.5 Å². The Labute approximate surface area is 188 Å². The molecule has 1 aliphatic rings. The van der Waals surface area contributed by atoms with Gasteiger partial charge in [0, 0.05) is 35.0 Å². The van der Waals surface area contributed by atoms with Gasteiger partial charge in [0.1, 0.15) is 5.82 Å². The Bertz CT molecular complexity index is 1010. The number of hydrogen-bond donors (Lipinski definition) is 3. The maximum Gasteiger partial charge on any atom is 0.272 e. The van der Waals surface area contributed by atoms with Crippen LogP contribution in [0.4, 0.5) is 24.7 Å². The van der Waals surface area contributed by atoms with Crippen molar-refractivity contribution in [3.8, 4) is 5.88 Å². The summed E-state index contributed by atoms with van der Waals surface area (Å²) in [6.07, 6.45) is -0.509. The predicted molar refractivity (Wildman–Crippen MR) is 118 cm³/mol. The number of nitrogens with one attached hydrogen (secondary N) is 3. The lowest BCUT2D eigenvalue weighted by atomic mass is 9.98. The van der Waals surface area contributed by atoms with Crippen LogP contribution in [0.5, 0.6) is 5.88 Å². The van der Waals surface area contributed by atoms with E-state index in [-0.39, 0.29) is 46.0 Å². The zero-order chi connectivity index (χ0) is 23.5. The molecule has 0 unspecified atom stereocenters. The zero-order valence-corrected chi connectivity index (χ0v) is 18.7. The van der Waals surface area contributed by atoms with Gasteiger partial charge in [-0.3, -0.25) is 4.79 Å². The van der Waals surface area contributed by atoms with Crippen molar-refractivity contribution in [3.63, 3.8) is 0 Å². The number of hydrogen-bond acceptors (Lipinski definition) is 7. The van der Waals surface area contributed by atoms with Crippen LogP contribution in [-0.4, -0.2) is 51.7 Å². The summed E-state index contributed by atoms with van der Waals surface area (Å²) < 4.78 is 43.9. The number of carbonyl (C=O) groups is 1. The topological polar surface area (TPSA) is 100.0 Å². The van der Waals surface area contributed by atoms with E-state index in [1.807, 2.05) is 20.8 Å². The summed E-state index contributed by atoms with van der Waals surface area (Å²) in [7, 11) is 0. The summed E-state index contributed by atoms with van der Waals surface area (Å²) in [4.78, 5) is 20.6. The van der Waals surface area contributed by atoms with Crippen LogP contribution in [0.3, 0.4) is 0 Å². The van der Waals surface area contributed by atoms with E-state index in [9.17, 15) is 18.0 Å². The molecule has 3 rings (SSSR count). The lowest BCUT2D eigenvalue weighted by Gasteiger charge is -2.38. The van der Waals surface area contributed by atoms with Crippen molar-refractivity contribution in [2.75, 3.05) is 23.4 Å². The summed E-state index contributed by atoms with van der Waals surface area (Å²) >= 11 is 1.74. The van der Waals surface area contributed by atoms with Crippen LogP contribution in [0.25, 0.3) is 0 Å². The Morgan fingerprint density at radius 3 is 2.59 bits per heavy atom. The summed E-state index contributed by atoms with van der Waals surface area (Å²) in [5.74, 6) is 0.351. The highest BCUT2D eigenvalue weighted by molar-refractivity contribution is 8.00. The second-order valence-electron chi connectivity index (χ2n) is 8.03. The molecule has 2 aromatic heterocycles. The standard InChI is InChI=1S/C21H24F3N5O2S/c1-11(2)18(25)13-4-12(20(30)29-21(3)9-32-10-21)6-27-19(13)28-15-5-17(26-7-14(15)22)31-8-16(23)24/h4-7,11,16,25H,8-10H2,1-3H3,(H,29,30)(H,26,27,28). The molecule has 7 nitrogen and oxygen atoms in total. The second kappa shape index (κ2) is 9.76. The number of carbonyl (C=O) groups excluding carboxylic acids is 1. The van der Waals surface area contributed by atoms with Crippen LogP contribution in [0.1, 0.15) is 36.7 Å². The van der Waals surface area contributed by atoms with Gasteiger partial charge in [0.2, 0.25) is 5.88 Å². The molecule has 0 aromatic carbocycles. The molecule has 172 valence electrons. The third-order valence-electron chi connectivity index (χ3n) is 4.71. The number of halogens is 3. The highest BCUT2D eigenvalue weighted by atomic mass is 32.2. The van der Waals surface area contributed by atoms with Gasteiger partial charge in [0.15, 0.2) is 12.4 Å². The van der Waals surface area contributed by atoms with E-state index in [4.69, 9.17) is 10.1 Å². The molecular formula is C21H24F3N5O2S. The first-order valence-corrected chi connectivity index (χ1v) is 11.1. The first-order chi connectivity index (χ1) is 15.1. The van der Waals surface area contributed by atoms with E-state index in [1.54, 1.807) is 11.8 Å². The monoisotopic (exact) mass is 467 g/mol. The second-order valence-corrected chi connectivity index (χ2v) is 9.01. The molecule has 0 atom stereocenters. The first-order valence-electron chi connectivity index (χ1n) is 9.90. The number of nitrogens with zero attached hydrogens (tertiary/aromatic N) is 2. The average Bonchev–Trinajstić information content (AvgIpc) is 2.72. The molecule has 0 radical (unpaired) electrons. The number of rotatable bonds is 9. The van der Waals surface area contributed by atoms with E-state index < -0.39 is 18.8 Å². The summed E-state index contributed by atoms with van der Waals surface area (Å²) in [6, 6.07) is 2.67. The minimum Gasteiger partial charge on any atom is -0.472 e. The maximum absolute atomic E-state index is 14.3. The van der Waals surface area contributed by atoms with Gasteiger partial charge < -0.3 is 20.8 Å². The van der Waals surface area contributed by atoms with E-state index >= 15 is 0 Å². The number of ether oxygens (including phenoxy) is 1. The molecule has 1 aliphatic heterocycles. The Balaban J connectivity index is 1.89. The molecule has 0 aliphatic carbocycles. The number of pyridine rings is 2. The number of amides is 1. The number of thioether (sulfide) groups is 1. The fourth-order valence-corrected chi connectivity index (χ4v) is 3.86. The van der Waals surface area contributed by atoms with Crippen LogP contribution in [-0.2, 0) is 0 Å². The van der Waals surface area contributed by atoms with Gasteiger partial charge in [0.05, 0.1) is 23.0 Å². The van der Waals surface area contributed by atoms with Gasteiger partial charge in [0.25, 0.3) is 12.3 Å². The molecule has 2 aromatic rings. The number of anilines is 2. The van der Waals surface area contributed by atoms with Gasteiger partial charge in [-0.05, 0) is 18.9 Å². The van der Waals surface area contributed by atoms with Crippen LogP contribution in [0.2, 0.25) is 0 Å². The lowest BCUT2D eigenvalue weighted by Crippen LogP contribution is -2.55. The van der Waals surface area contributed by atoms with E-state index in [2.05, 4.69) is 20.6 Å². The van der Waals surface area contributed by atoms with Crippen molar-refractivity contribution in [2.45, 2.75) is 32.7 Å². The van der Waals surface area contributed by atoms with Gasteiger partial charge in [-0.25, -0.2) is 23.1 Å². The van der Waals surface area contributed by atoms with Gasteiger partial charge in [-0.1, -0.05) is 13.8 Å². The molecule has 3 N–H and O–H groups in total. The van der Waals surface area contributed by atoms with Gasteiger partial charge in [-0.2, -0.15) is 11.8 Å². The molecule has 0 bridgehead atoms. The number of alkyl halides is 2. The van der Waals surface area contributed by atoms with Gasteiger partial charge in [-0.15, -0.1) is 0 Å².